The monoisotopic (exact) mass is 362 g/mol. The maximum absolute atomic E-state index is 12.3. The number of carbonyl (C=O) groups is 2. The van der Waals surface area contributed by atoms with Crippen molar-refractivity contribution in [1.82, 2.24) is 20.0 Å². The maximum atomic E-state index is 12.3. The third kappa shape index (κ3) is 4.46. The molecule has 2 aromatic heterocycles. The van der Waals surface area contributed by atoms with Crippen LogP contribution >= 0.6 is 11.3 Å². The molecule has 134 valence electrons. The van der Waals surface area contributed by atoms with Crippen LogP contribution in [0.3, 0.4) is 0 Å². The predicted molar refractivity (Wildman–Crippen MR) is 94.0 cm³/mol. The van der Waals surface area contributed by atoms with Crippen LogP contribution in [0.4, 0.5) is 0 Å². The number of carbonyl (C=O) groups excluding carboxylic acids is 2. The number of rotatable bonds is 7. The molecule has 1 atom stereocenters. The van der Waals surface area contributed by atoms with Crippen LogP contribution in [0.5, 0.6) is 0 Å². The summed E-state index contributed by atoms with van der Waals surface area (Å²) in [6.45, 7) is 3.93. The summed E-state index contributed by atoms with van der Waals surface area (Å²) >= 11 is 1.61. The Morgan fingerprint density at radius 3 is 3.08 bits per heavy atom. The van der Waals surface area contributed by atoms with Crippen molar-refractivity contribution >= 4 is 23.2 Å². The van der Waals surface area contributed by atoms with Crippen molar-refractivity contribution in [2.75, 3.05) is 19.8 Å². The molecule has 0 fully saturated rings. The third-order valence-electron chi connectivity index (χ3n) is 4.13. The SMILES string of the molecule is CCOCC(=O)N1Cc2ccnn2[C@@H](CC(=O)NCc2cccs2)C1. The first-order chi connectivity index (χ1) is 12.2. The average molecular weight is 362 g/mol. The van der Waals surface area contributed by atoms with Gasteiger partial charge in [-0.25, -0.2) is 0 Å². The molecule has 0 saturated carbocycles. The van der Waals surface area contributed by atoms with Gasteiger partial charge in [-0.3, -0.25) is 14.3 Å². The maximum Gasteiger partial charge on any atom is 0.248 e. The van der Waals surface area contributed by atoms with Gasteiger partial charge in [-0.1, -0.05) is 6.07 Å². The lowest BCUT2D eigenvalue weighted by Crippen LogP contribution is -2.44. The Labute approximate surface area is 150 Å². The molecule has 0 saturated heterocycles. The van der Waals surface area contributed by atoms with Crippen molar-refractivity contribution in [3.63, 3.8) is 0 Å². The van der Waals surface area contributed by atoms with Crippen LogP contribution in [0.2, 0.25) is 0 Å². The predicted octanol–water partition coefficient (Wildman–Crippen LogP) is 1.57. The van der Waals surface area contributed by atoms with Gasteiger partial charge in [0.1, 0.15) is 6.61 Å². The van der Waals surface area contributed by atoms with Gasteiger partial charge in [-0.2, -0.15) is 5.10 Å². The Morgan fingerprint density at radius 2 is 2.32 bits per heavy atom. The zero-order valence-electron chi connectivity index (χ0n) is 14.2. The second-order valence-corrected chi connectivity index (χ2v) is 6.92. The van der Waals surface area contributed by atoms with Crippen LogP contribution in [0.25, 0.3) is 0 Å². The van der Waals surface area contributed by atoms with Crippen molar-refractivity contribution in [3.05, 3.63) is 40.3 Å². The largest absolute Gasteiger partial charge is 0.372 e. The molecule has 0 radical (unpaired) electrons. The van der Waals surface area contributed by atoms with E-state index in [-0.39, 0.29) is 24.5 Å². The lowest BCUT2D eigenvalue weighted by atomic mass is 10.1. The number of hydrogen-bond acceptors (Lipinski definition) is 5. The lowest BCUT2D eigenvalue weighted by Gasteiger charge is -2.33. The molecule has 2 aromatic rings. The molecular formula is C17H22N4O3S. The van der Waals surface area contributed by atoms with E-state index < -0.39 is 0 Å². The van der Waals surface area contributed by atoms with Gasteiger partial charge < -0.3 is 15.0 Å². The molecule has 0 bridgehead atoms. The van der Waals surface area contributed by atoms with Crippen molar-refractivity contribution in [2.45, 2.75) is 32.5 Å². The highest BCUT2D eigenvalue weighted by Crippen LogP contribution is 2.23. The first kappa shape index (κ1) is 17.6. The fourth-order valence-corrected chi connectivity index (χ4v) is 3.54. The number of amides is 2. The van der Waals surface area contributed by atoms with Crippen LogP contribution < -0.4 is 5.32 Å². The standard InChI is InChI=1S/C17H22N4O3S/c1-2-24-12-17(23)20-10-13-5-6-19-21(13)14(11-20)8-16(22)18-9-15-4-3-7-25-15/h3-7,14H,2,8-12H2,1H3,(H,18,22)/t14-/m0/s1. The van der Waals surface area contributed by atoms with Gasteiger partial charge >= 0.3 is 0 Å². The van der Waals surface area contributed by atoms with Gasteiger partial charge in [0.15, 0.2) is 0 Å². The van der Waals surface area contributed by atoms with Crippen molar-refractivity contribution in [3.8, 4) is 0 Å². The van der Waals surface area contributed by atoms with Gasteiger partial charge in [-0.05, 0) is 24.4 Å². The summed E-state index contributed by atoms with van der Waals surface area (Å²) < 4.78 is 7.08. The third-order valence-corrected chi connectivity index (χ3v) is 5.00. The normalized spacial score (nSPS) is 16.5. The molecule has 25 heavy (non-hydrogen) atoms. The number of nitrogens with zero attached hydrogens (tertiary/aromatic N) is 3. The second-order valence-electron chi connectivity index (χ2n) is 5.89. The molecule has 0 unspecified atom stereocenters. The summed E-state index contributed by atoms with van der Waals surface area (Å²) in [7, 11) is 0. The zero-order chi connectivity index (χ0) is 17.6. The van der Waals surface area contributed by atoms with Gasteiger partial charge in [-0.15, -0.1) is 11.3 Å². The van der Waals surface area contributed by atoms with E-state index in [1.54, 1.807) is 22.4 Å². The molecule has 3 heterocycles. The molecule has 2 amide bonds. The number of ether oxygens (including phenoxy) is 1. The number of fused-ring (bicyclic) bond motifs is 1. The van der Waals surface area contributed by atoms with Crippen LogP contribution in [0, 0.1) is 0 Å². The summed E-state index contributed by atoms with van der Waals surface area (Å²) in [5.41, 5.74) is 0.937. The van der Waals surface area contributed by atoms with E-state index in [0.29, 0.717) is 32.7 Å². The highest BCUT2D eigenvalue weighted by Gasteiger charge is 2.29. The number of hydrogen-bond donors (Lipinski definition) is 1. The minimum absolute atomic E-state index is 0.0426. The molecule has 3 rings (SSSR count). The van der Waals surface area contributed by atoms with E-state index in [1.807, 2.05) is 35.2 Å². The second kappa shape index (κ2) is 8.26. The van der Waals surface area contributed by atoms with Gasteiger partial charge in [0.25, 0.3) is 0 Å². The highest BCUT2D eigenvalue weighted by atomic mass is 32.1. The Bertz CT molecular complexity index is 713. The van der Waals surface area contributed by atoms with Crippen LogP contribution in [0.1, 0.15) is 30.0 Å². The zero-order valence-corrected chi connectivity index (χ0v) is 15.0. The summed E-state index contributed by atoms with van der Waals surface area (Å²) in [4.78, 5) is 27.4. The lowest BCUT2D eigenvalue weighted by molar-refractivity contribution is -0.138. The van der Waals surface area contributed by atoms with Crippen molar-refractivity contribution in [2.24, 2.45) is 0 Å². The molecule has 1 N–H and O–H groups in total. The minimum Gasteiger partial charge on any atom is -0.372 e. The first-order valence-corrected chi connectivity index (χ1v) is 9.22. The fourth-order valence-electron chi connectivity index (χ4n) is 2.89. The van der Waals surface area contributed by atoms with Gasteiger partial charge in [0, 0.05) is 24.2 Å². The summed E-state index contributed by atoms with van der Waals surface area (Å²) in [5, 5.41) is 9.25. The highest BCUT2D eigenvalue weighted by molar-refractivity contribution is 7.09. The van der Waals surface area contributed by atoms with Crippen molar-refractivity contribution in [1.29, 1.82) is 0 Å². The molecular weight excluding hydrogens is 340 g/mol. The Balaban J connectivity index is 1.61. The summed E-state index contributed by atoms with van der Waals surface area (Å²) in [6, 6.07) is 5.68. The molecule has 7 nitrogen and oxygen atoms in total. The summed E-state index contributed by atoms with van der Waals surface area (Å²) in [5.74, 6) is -0.0998. The van der Waals surface area contributed by atoms with Crippen LogP contribution in [-0.4, -0.2) is 46.3 Å². The molecule has 0 aliphatic carbocycles. The molecule has 0 spiro atoms. The topological polar surface area (TPSA) is 76.5 Å². The van der Waals surface area contributed by atoms with Crippen molar-refractivity contribution < 1.29 is 14.3 Å². The molecule has 0 aromatic carbocycles. The van der Waals surface area contributed by atoms with E-state index in [0.717, 1.165) is 10.6 Å². The number of nitrogens with one attached hydrogen (secondary N) is 1. The van der Waals surface area contributed by atoms with Gasteiger partial charge in [0.2, 0.25) is 11.8 Å². The van der Waals surface area contributed by atoms with Gasteiger partial charge in [0.05, 0.1) is 31.2 Å². The first-order valence-electron chi connectivity index (χ1n) is 8.34. The smallest absolute Gasteiger partial charge is 0.248 e. The molecule has 1 aliphatic heterocycles. The van der Waals surface area contributed by atoms with E-state index in [9.17, 15) is 9.59 Å². The van der Waals surface area contributed by atoms with E-state index in [2.05, 4.69) is 10.4 Å². The van der Waals surface area contributed by atoms with E-state index in [4.69, 9.17) is 4.74 Å². The molecule has 8 heteroatoms. The Morgan fingerprint density at radius 1 is 1.44 bits per heavy atom. The summed E-state index contributed by atoms with van der Waals surface area (Å²) in [6.07, 6.45) is 2.00. The minimum atomic E-state index is -0.160. The number of thiophene rings is 1. The van der Waals surface area contributed by atoms with E-state index >= 15 is 0 Å². The quantitative estimate of drug-likeness (QED) is 0.811. The van der Waals surface area contributed by atoms with Crippen LogP contribution in [0.15, 0.2) is 29.8 Å². The fraction of sp³-hybridized carbons (Fsp3) is 0.471. The number of aromatic nitrogens is 2. The Hall–Kier alpha value is -2.19. The van der Waals surface area contributed by atoms with E-state index in [1.165, 1.54) is 0 Å². The average Bonchev–Trinajstić information content (AvgIpc) is 3.29. The van der Waals surface area contributed by atoms with Crippen LogP contribution in [-0.2, 0) is 27.4 Å². The Kier molecular flexibility index (Phi) is 5.83. The molecule has 1 aliphatic rings.